The third-order valence-electron chi connectivity index (χ3n) is 11.1. The number of hydrogen-bond donors (Lipinski definition) is 0. The van der Waals surface area contributed by atoms with Crippen molar-refractivity contribution >= 4 is 65.3 Å². The van der Waals surface area contributed by atoms with E-state index >= 15 is 0 Å². The Kier molecular flexibility index (Phi) is 5.47. The van der Waals surface area contributed by atoms with Gasteiger partial charge in [0, 0.05) is 38.2 Å². The molecular weight excluding hydrogens is 633 g/mol. The van der Waals surface area contributed by atoms with Crippen LogP contribution in [0.4, 0.5) is 0 Å². The van der Waals surface area contributed by atoms with Crippen LogP contribution >= 0.6 is 0 Å². The summed E-state index contributed by atoms with van der Waals surface area (Å²) >= 11 is 0. The maximum Gasteiger partial charge on any atom is 0.235 e. The molecule has 12 rings (SSSR count). The van der Waals surface area contributed by atoms with Crippen molar-refractivity contribution in [3.05, 3.63) is 170 Å². The molecule has 0 aliphatic heterocycles. The van der Waals surface area contributed by atoms with Crippen LogP contribution in [0.1, 0.15) is 0 Å². The predicted octanol–water partition coefficient (Wildman–Crippen LogP) is 12.3. The van der Waals surface area contributed by atoms with Crippen LogP contribution in [-0.2, 0) is 0 Å². The van der Waals surface area contributed by atoms with Gasteiger partial charge in [-0.25, -0.2) is 9.97 Å². The maximum atomic E-state index is 5.31. The van der Waals surface area contributed by atoms with Gasteiger partial charge in [0.1, 0.15) is 0 Å². The molecule has 0 bridgehead atoms. The van der Waals surface area contributed by atoms with Crippen LogP contribution in [0.15, 0.2) is 170 Å². The number of rotatable bonds is 3. The molecule has 52 heavy (non-hydrogen) atoms. The lowest BCUT2D eigenvalue weighted by atomic mass is 9.97. The smallest absolute Gasteiger partial charge is 0.235 e. The quantitative estimate of drug-likeness (QED) is 0.189. The van der Waals surface area contributed by atoms with Crippen LogP contribution in [0.2, 0.25) is 0 Å². The molecule has 0 unspecified atom stereocenters. The second-order valence-corrected chi connectivity index (χ2v) is 13.8. The summed E-state index contributed by atoms with van der Waals surface area (Å²) in [6.45, 7) is 0. The Balaban J connectivity index is 1.05. The first-order chi connectivity index (χ1) is 25.8. The zero-order valence-electron chi connectivity index (χ0n) is 28.0. The van der Waals surface area contributed by atoms with Crippen molar-refractivity contribution in [2.45, 2.75) is 0 Å². The van der Waals surface area contributed by atoms with Gasteiger partial charge < -0.3 is 4.57 Å². The molecule has 0 atom stereocenters. The van der Waals surface area contributed by atoms with Crippen LogP contribution in [0.3, 0.4) is 0 Å². The van der Waals surface area contributed by atoms with Crippen LogP contribution in [-0.4, -0.2) is 19.1 Å². The SMILES string of the molecule is c1ccc(-n2c3ccccc3c3cc(-c4ccc5c(ccc6c5c5ccccc5n6-c5nc6c7c(cccc7n5)-c5ccccc5-6)c4)ccc32)cc1. The molecule has 1 aliphatic carbocycles. The number of para-hydroxylation sites is 3. The molecule has 4 heteroatoms. The highest BCUT2D eigenvalue weighted by Crippen LogP contribution is 2.46. The molecule has 11 aromatic rings. The van der Waals surface area contributed by atoms with Gasteiger partial charge in [-0.15, -0.1) is 0 Å². The van der Waals surface area contributed by atoms with Gasteiger partial charge in [0.15, 0.2) is 0 Å². The summed E-state index contributed by atoms with van der Waals surface area (Å²) in [4.78, 5) is 10.5. The number of aromatic nitrogens is 4. The summed E-state index contributed by atoms with van der Waals surface area (Å²) in [6, 6.07) is 61.3. The highest BCUT2D eigenvalue weighted by atomic mass is 15.2. The van der Waals surface area contributed by atoms with E-state index in [4.69, 9.17) is 9.97 Å². The number of benzene rings is 8. The second-order valence-electron chi connectivity index (χ2n) is 13.8. The van der Waals surface area contributed by atoms with Crippen LogP contribution in [0.25, 0.3) is 110 Å². The molecule has 3 heterocycles. The normalized spacial score (nSPS) is 12.2. The second kappa shape index (κ2) is 10.3. The zero-order chi connectivity index (χ0) is 33.9. The Morgan fingerprint density at radius 1 is 0.365 bits per heavy atom. The van der Waals surface area contributed by atoms with Crippen molar-refractivity contribution in [1.82, 2.24) is 19.1 Å². The van der Waals surface area contributed by atoms with Gasteiger partial charge in [-0.3, -0.25) is 4.57 Å². The van der Waals surface area contributed by atoms with E-state index in [2.05, 4.69) is 179 Å². The molecule has 8 aromatic carbocycles. The van der Waals surface area contributed by atoms with Gasteiger partial charge in [0.25, 0.3) is 0 Å². The van der Waals surface area contributed by atoms with Gasteiger partial charge in [-0.1, -0.05) is 115 Å². The molecule has 0 fully saturated rings. The van der Waals surface area contributed by atoms with E-state index in [-0.39, 0.29) is 0 Å². The van der Waals surface area contributed by atoms with E-state index in [1.807, 2.05) is 0 Å². The predicted molar refractivity (Wildman–Crippen MR) is 216 cm³/mol. The van der Waals surface area contributed by atoms with Gasteiger partial charge >= 0.3 is 0 Å². The van der Waals surface area contributed by atoms with Crippen molar-refractivity contribution in [2.24, 2.45) is 0 Å². The number of fused-ring (bicyclic) bond motifs is 11. The Labute approximate surface area is 298 Å². The molecule has 4 nitrogen and oxygen atoms in total. The van der Waals surface area contributed by atoms with E-state index < -0.39 is 0 Å². The molecule has 0 radical (unpaired) electrons. The van der Waals surface area contributed by atoms with Gasteiger partial charge in [-0.05, 0) is 87.6 Å². The van der Waals surface area contributed by atoms with Crippen LogP contribution in [0, 0.1) is 0 Å². The molecule has 3 aromatic heterocycles. The Morgan fingerprint density at radius 3 is 1.92 bits per heavy atom. The van der Waals surface area contributed by atoms with Crippen molar-refractivity contribution in [3.63, 3.8) is 0 Å². The van der Waals surface area contributed by atoms with Crippen molar-refractivity contribution < 1.29 is 0 Å². The van der Waals surface area contributed by atoms with E-state index in [0.717, 1.165) is 27.6 Å². The number of nitrogens with zero attached hydrogens (tertiary/aromatic N) is 4. The van der Waals surface area contributed by atoms with Crippen LogP contribution in [0.5, 0.6) is 0 Å². The van der Waals surface area contributed by atoms with Crippen LogP contribution < -0.4 is 0 Å². The molecule has 0 spiro atoms. The third kappa shape index (κ3) is 3.70. The molecule has 240 valence electrons. The summed E-state index contributed by atoms with van der Waals surface area (Å²) < 4.78 is 4.61. The van der Waals surface area contributed by atoms with Crippen molar-refractivity contribution in [1.29, 1.82) is 0 Å². The highest BCUT2D eigenvalue weighted by Gasteiger charge is 2.25. The molecule has 1 aliphatic rings. The van der Waals surface area contributed by atoms with Crippen molar-refractivity contribution in [2.75, 3.05) is 0 Å². The summed E-state index contributed by atoms with van der Waals surface area (Å²) in [6.07, 6.45) is 0. The Bertz CT molecular complexity index is 3290. The summed E-state index contributed by atoms with van der Waals surface area (Å²) in [5, 5.41) is 8.48. The number of hydrogen-bond acceptors (Lipinski definition) is 2. The molecule has 0 saturated carbocycles. The summed E-state index contributed by atoms with van der Waals surface area (Å²) in [7, 11) is 0. The fourth-order valence-corrected chi connectivity index (χ4v) is 8.81. The zero-order valence-corrected chi connectivity index (χ0v) is 28.0. The minimum Gasteiger partial charge on any atom is -0.309 e. The lowest BCUT2D eigenvalue weighted by Gasteiger charge is -2.10. The fourth-order valence-electron chi connectivity index (χ4n) is 8.81. The largest absolute Gasteiger partial charge is 0.309 e. The Morgan fingerprint density at radius 2 is 1.04 bits per heavy atom. The monoisotopic (exact) mass is 660 g/mol. The van der Waals surface area contributed by atoms with Crippen molar-refractivity contribution in [3.8, 4) is 45.1 Å². The Hall–Kier alpha value is -7.04. The highest BCUT2D eigenvalue weighted by molar-refractivity contribution is 6.22. The van der Waals surface area contributed by atoms with E-state index in [0.29, 0.717) is 5.95 Å². The molecule has 0 saturated heterocycles. The topological polar surface area (TPSA) is 35.6 Å². The summed E-state index contributed by atoms with van der Waals surface area (Å²) in [5.74, 6) is 0.696. The standard InChI is InChI=1S/C48H28N4/c1-2-11-32(12-3-1)51-41-19-8-6-14-35(41)39-28-30(22-25-43(39)51)29-21-24-33-31(27-29)23-26-44-45(33)38-16-7-9-20-42(38)52(44)48-49-40-18-10-17-36-34-13-4-5-15-37(34)47(50-48)46(36)40/h1-28H. The molecule has 0 N–H and O–H groups in total. The minimum absolute atomic E-state index is 0.696. The maximum absolute atomic E-state index is 5.31. The molecule has 0 amide bonds. The summed E-state index contributed by atoms with van der Waals surface area (Å²) in [5.41, 5.74) is 13.8. The minimum atomic E-state index is 0.696. The first kappa shape index (κ1) is 27.7. The molecular formula is C48H28N4. The first-order valence-corrected chi connectivity index (χ1v) is 17.8. The van der Waals surface area contributed by atoms with E-state index in [1.54, 1.807) is 0 Å². The first-order valence-electron chi connectivity index (χ1n) is 17.8. The van der Waals surface area contributed by atoms with E-state index in [1.165, 1.54) is 76.9 Å². The van der Waals surface area contributed by atoms with Gasteiger partial charge in [-0.2, -0.15) is 0 Å². The lowest BCUT2D eigenvalue weighted by molar-refractivity contribution is 1.02. The van der Waals surface area contributed by atoms with Gasteiger partial charge in [0.05, 0.1) is 33.3 Å². The third-order valence-corrected chi connectivity index (χ3v) is 11.1. The fraction of sp³-hybridized carbons (Fsp3) is 0. The van der Waals surface area contributed by atoms with E-state index in [9.17, 15) is 0 Å². The average Bonchev–Trinajstić information content (AvgIpc) is 3.84. The van der Waals surface area contributed by atoms with Gasteiger partial charge in [0.2, 0.25) is 5.95 Å². The average molecular weight is 661 g/mol. The lowest BCUT2D eigenvalue weighted by Crippen LogP contribution is -2.02.